The van der Waals surface area contributed by atoms with Gasteiger partial charge in [0.05, 0.1) is 11.4 Å². The lowest BCUT2D eigenvalue weighted by Gasteiger charge is -1.99. The summed E-state index contributed by atoms with van der Waals surface area (Å²) >= 11 is 5.97. The topological polar surface area (TPSA) is 20.7 Å². The van der Waals surface area contributed by atoms with Crippen molar-refractivity contribution in [3.63, 3.8) is 0 Å². The number of aromatic nitrogens is 2. The number of halogens is 1. The summed E-state index contributed by atoms with van der Waals surface area (Å²) in [7, 11) is 2.05. The predicted octanol–water partition coefficient (Wildman–Crippen LogP) is 4.93. The summed E-state index contributed by atoms with van der Waals surface area (Å²) < 4.78 is 2.08. The summed E-state index contributed by atoms with van der Waals surface area (Å²) in [6, 6.07) is 18.7. The first-order chi connectivity index (χ1) is 9.74. The van der Waals surface area contributed by atoms with E-state index in [2.05, 4.69) is 40.1 Å². The Labute approximate surface area is 121 Å². The molecule has 0 spiro atoms. The molecule has 0 fully saturated rings. The van der Waals surface area contributed by atoms with E-state index in [0.717, 1.165) is 16.3 Å². The molecule has 2 nitrogen and oxygen atoms in total. The molecule has 1 aliphatic carbocycles. The first-order valence-corrected chi connectivity index (χ1v) is 6.94. The van der Waals surface area contributed by atoms with Gasteiger partial charge in [0, 0.05) is 28.6 Å². The summed E-state index contributed by atoms with van der Waals surface area (Å²) in [4.78, 5) is 0. The average Bonchev–Trinajstić information content (AvgIpc) is 2.98. The quantitative estimate of drug-likeness (QED) is 0.510. The molecule has 0 atom stereocenters. The average molecular weight is 281 g/mol. The standard InChI is InChI=1S/C17H13ClN2/c1-20-17-14-5-3-2-4-12(14)10-15(17)16(19-20)11-6-8-13(18)9-7-11/h2-10,19H,1H3. The molecule has 0 amide bonds. The molecule has 4 rings (SSSR count). The van der Waals surface area contributed by atoms with E-state index in [-0.39, 0.29) is 0 Å². The molecule has 0 radical (unpaired) electrons. The van der Waals surface area contributed by atoms with Gasteiger partial charge in [0.25, 0.3) is 0 Å². The predicted molar refractivity (Wildman–Crippen MR) is 84.3 cm³/mol. The van der Waals surface area contributed by atoms with E-state index in [9.17, 15) is 0 Å². The number of rotatable bonds is 1. The highest BCUT2D eigenvalue weighted by Gasteiger charge is 2.19. The fourth-order valence-electron chi connectivity index (χ4n) is 2.88. The third-order valence-electron chi connectivity index (χ3n) is 3.79. The minimum absolute atomic E-state index is 0.758. The van der Waals surface area contributed by atoms with Crippen LogP contribution in [0, 0.1) is 0 Å². The zero-order chi connectivity index (χ0) is 13.7. The zero-order valence-corrected chi connectivity index (χ0v) is 11.8. The number of hydrogen-bond acceptors (Lipinski definition) is 0. The fourth-order valence-corrected chi connectivity index (χ4v) is 3.01. The third kappa shape index (κ3) is 1.58. The Bertz CT molecular complexity index is 868. The Kier molecular flexibility index (Phi) is 2.41. The van der Waals surface area contributed by atoms with E-state index in [0.29, 0.717) is 0 Å². The van der Waals surface area contributed by atoms with Gasteiger partial charge in [0.2, 0.25) is 0 Å². The molecule has 0 bridgehead atoms. The van der Waals surface area contributed by atoms with E-state index >= 15 is 0 Å². The second-order valence-electron chi connectivity index (χ2n) is 5.05. The van der Waals surface area contributed by atoms with Crippen LogP contribution in [0.2, 0.25) is 5.02 Å². The van der Waals surface area contributed by atoms with Gasteiger partial charge in [-0.15, -0.1) is 0 Å². The lowest BCUT2D eigenvalue weighted by atomic mass is 10.1. The molecule has 2 aromatic rings. The van der Waals surface area contributed by atoms with Crippen molar-refractivity contribution in [2.45, 2.75) is 0 Å². The van der Waals surface area contributed by atoms with Crippen LogP contribution in [0.5, 0.6) is 0 Å². The number of H-pyrrole nitrogens is 1. The fraction of sp³-hybridized carbons (Fsp3) is 0.0588. The minimum atomic E-state index is 0.758. The van der Waals surface area contributed by atoms with Crippen LogP contribution in [0.15, 0.2) is 54.6 Å². The third-order valence-corrected chi connectivity index (χ3v) is 4.04. The van der Waals surface area contributed by atoms with Crippen molar-refractivity contribution in [3.8, 4) is 22.5 Å². The molecule has 2 aliphatic rings. The van der Waals surface area contributed by atoms with Crippen LogP contribution in [-0.2, 0) is 7.05 Å². The van der Waals surface area contributed by atoms with Crippen LogP contribution in [0.25, 0.3) is 33.3 Å². The van der Waals surface area contributed by atoms with E-state index in [1.54, 1.807) is 0 Å². The van der Waals surface area contributed by atoms with E-state index < -0.39 is 0 Å². The number of aromatic amines is 1. The Balaban J connectivity index is 2.01. The molecule has 98 valence electrons. The van der Waals surface area contributed by atoms with Gasteiger partial charge in [-0.1, -0.05) is 48.0 Å². The second kappa shape index (κ2) is 4.15. The first kappa shape index (κ1) is 11.6. The molecule has 0 unspecified atom stereocenters. The lowest BCUT2D eigenvalue weighted by Crippen LogP contribution is -1.90. The van der Waals surface area contributed by atoms with Gasteiger partial charge in [-0.05, 0) is 23.6 Å². The van der Waals surface area contributed by atoms with Gasteiger partial charge in [-0.25, -0.2) is 0 Å². The van der Waals surface area contributed by atoms with Crippen molar-refractivity contribution >= 4 is 22.4 Å². The van der Waals surface area contributed by atoms with Crippen molar-refractivity contribution in [2.24, 2.45) is 7.05 Å². The molecule has 0 aromatic heterocycles. The maximum absolute atomic E-state index is 5.97. The highest BCUT2D eigenvalue weighted by Crippen LogP contribution is 2.40. The Morgan fingerprint density at radius 1 is 1.00 bits per heavy atom. The molecule has 20 heavy (non-hydrogen) atoms. The van der Waals surface area contributed by atoms with Gasteiger partial charge >= 0.3 is 0 Å². The molecule has 1 aliphatic heterocycles. The highest BCUT2D eigenvalue weighted by molar-refractivity contribution is 6.30. The van der Waals surface area contributed by atoms with Crippen LogP contribution in [-0.4, -0.2) is 9.78 Å². The number of aryl methyl sites for hydroxylation is 1. The van der Waals surface area contributed by atoms with E-state index in [4.69, 9.17) is 11.6 Å². The number of nitrogens with one attached hydrogen (secondary N) is 1. The van der Waals surface area contributed by atoms with Gasteiger partial charge in [-0.3, -0.25) is 9.78 Å². The van der Waals surface area contributed by atoms with Crippen molar-refractivity contribution in [3.05, 3.63) is 59.6 Å². The summed E-state index contributed by atoms with van der Waals surface area (Å²) in [6.45, 7) is 0. The number of hydrogen-bond donors (Lipinski definition) is 1. The van der Waals surface area contributed by atoms with Crippen molar-refractivity contribution < 1.29 is 0 Å². The Morgan fingerprint density at radius 2 is 1.75 bits per heavy atom. The van der Waals surface area contributed by atoms with Crippen LogP contribution >= 0.6 is 11.6 Å². The van der Waals surface area contributed by atoms with Crippen LogP contribution in [0.4, 0.5) is 0 Å². The molecule has 1 N–H and O–H groups in total. The zero-order valence-electron chi connectivity index (χ0n) is 11.0. The molecular weight excluding hydrogens is 268 g/mol. The lowest BCUT2D eigenvalue weighted by molar-refractivity contribution is 0.785. The second-order valence-corrected chi connectivity index (χ2v) is 5.48. The molecule has 0 saturated heterocycles. The number of nitrogens with zero attached hydrogens (tertiary/aromatic N) is 1. The largest absolute Gasteiger partial charge is 0.297 e. The minimum Gasteiger partial charge on any atom is -0.297 e. The summed E-state index contributed by atoms with van der Waals surface area (Å²) in [6.07, 6.45) is 0. The molecule has 3 heteroatoms. The Morgan fingerprint density at radius 3 is 2.55 bits per heavy atom. The maximum Gasteiger partial charge on any atom is 0.0741 e. The SMILES string of the molecule is Cn1[nH]c(-c2ccc(Cl)cc2)c2cc3ccccc3c1-2. The van der Waals surface area contributed by atoms with E-state index in [1.165, 1.54) is 22.0 Å². The molecule has 2 aromatic carbocycles. The van der Waals surface area contributed by atoms with E-state index in [1.807, 2.05) is 31.3 Å². The summed E-state index contributed by atoms with van der Waals surface area (Å²) in [5.41, 5.74) is 4.77. The van der Waals surface area contributed by atoms with Crippen LogP contribution in [0.3, 0.4) is 0 Å². The molecule has 1 heterocycles. The van der Waals surface area contributed by atoms with Crippen molar-refractivity contribution in [1.29, 1.82) is 0 Å². The monoisotopic (exact) mass is 280 g/mol. The number of fused-ring (bicyclic) bond motifs is 3. The summed E-state index contributed by atoms with van der Waals surface area (Å²) in [5, 5.41) is 6.75. The highest BCUT2D eigenvalue weighted by atomic mass is 35.5. The van der Waals surface area contributed by atoms with Crippen LogP contribution < -0.4 is 0 Å². The van der Waals surface area contributed by atoms with Crippen LogP contribution in [0.1, 0.15) is 0 Å². The number of benzene rings is 2. The van der Waals surface area contributed by atoms with Gasteiger partial charge in [0.1, 0.15) is 0 Å². The Hall–Kier alpha value is -2.19. The normalized spacial score (nSPS) is 11.5. The molecular formula is C17H13ClN2. The molecule has 0 saturated carbocycles. The first-order valence-electron chi connectivity index (χ1n) is 6.56. The van der Waals surface area contributed by atoms with Gasteiger partial charge < -0.3 is 0 Å². The van der Waals surface area contributed by atoms with Crippen molar-refractivity contribution in [1.82, 2.24) is 9.78 Å². The maximum atomic E-state index is 5.97. The van der Waals surface area contributed by atoms with Gasteiger partial charge in [-0.2, -0.15) is 0 Å². The van der Waals surface area contributed by atoms with Gasteiger partial charge in [0.15, 0.2) is 0 Å². The van der Waals surface area contributed by atoms with Crippen molar-refractivity contribution in [2.75, 3.05) is 0 Å². The smallest absolute Gasteiger partial charge is 0.0741 e. The summed E-state index contributed by atoms with van der Waals surface area (Å²) in [5.74, 6) is 0.